The van der Waals surface area contributed by atoms with Crippen LogP contribution in [-0.2, 0) is 16.1 Å². The molecule has 3 heteroatoms. The summed E-state index contributed by atoms with van der Waals surface area (Å²) in [6.07, 6.45) is 14.7. The van der Waals surface area contributed by atoms with Crippen LogP contribution in [0.15, 0.2) is 24.3 Å². The highest BCUT2D eigenvalue weighted by Gasteiger charge is 2.03. The molecule has 0 aliphatic heterocycles. The van der Waals surface area contributed by atoms with E-state index in [4.69, 9.17) is 16.3 Å². The van der Waals surface area contributed by atoms with Crippen LogP contribution in [0.3, 0.4) is 0 Å². The Morgan fingerprint density at radius 3 is 1.88 bits per heavy atom. The largest absolute Gasteiger partial charge is 0.461 e. The summed E-state index contributed by atoms with van der Waals surface area (Å²) >= 11 is 5.82. The molecular weight excluding hydrogens is 320 g/mol. The second-order valence-corrected chi connectivity index (χ2v) is 7.01. The third-order valence-electron chi connectivity index (χ3n) is 4.30. The maximum atomic E-state index is 11.7. The van der Waals surface area contributed by atoms with E-state index in [1.807, 2.05) is 24.3 Å². The molecule has 0 spiro atoms. The molecule has 0 aliphatic rings. The van der Waals surface area contributed by atoms with Crippen molar-refractivity contribution < 1.29 is 9.53 Å². The second-order valence-electron chi connectivity index (χ2n) is 6.57. The predicted molar refractivity (Wildman–Crippen MR) is 102 cm³/mol. The Balaban J connectivity index is 1.88. The second kappa shape index (κ2) is 14.3. The van der Waals surface area contributed by atoms with Crippen LogP contribution in [0.5, 0.6) is 0 Å². The van der Waals surface area contributed by atoms with Crippen molar-refractivity contribution >= 4 is 17.6 Å². The fourth-order valence-corrected chi connectivity index (χ4v) is 2.88. The van der Waals surface area contributed by atoms with E-state index in [-0.39, 0.29) is 5.97 Å². The average Bonchev–Trinajstić information content (AvgIpc) is 2.59. The van der Waals surface area contributed by atoms with E-state index in [0.717, 1.165) is 18.4 Å². The zero-order valence-electron chi connectivity index (χ0n) is 15.2. The van der Waals surface area contributed by atoms with Gasteiger partial charge in [-0.25, -0.2) is 0 Å². The summed E-state index contributed by atoms with van der Waals surface area (Å²) in [5.74, 6) is -0.0964. The molecule has 0 aliphatic carbocycles. The molecule has 0 amide bonds. The quantitative estimate of drug-likeness (QED) is 0.264. The molecule has 0 fully saturated rings. The summed E-state index contributed by atoms with van der Waals surface area (Å²) in [5, 5.41) is 0.700. The number of ether oxygens (including phenoxy) is 1. The van der Waals surface area contributed by atoms with Gasteiger partial charge in [-0.1, -0.05) is 94.9 Å². The summed E-state index contributed by atoms with van der Waals surface area (Å²) in [5.41, 5.74) is 0.978. The number of rotatable bonds is 14. The molecule has 1 rings (SSSR count). The topological polar surface area (TPSA) is 26.3 Å². The lowest BCUT2D eigenvalue weighted by atomic mass is 10.1. The van der Waals surface area contributed by atoms with Crippen LogP contribution in [0.25, 0.3) is 0 Å². The molecule has 0 saturated carbocycles. The lowest BCUT2D eigenvalue weighted by molar-refractivity contribution is -0.145. The van der Waals surface area contributed by atoms with Gasteiger partial charge in [-0.3, -0.25) is 4.79 Å². The highest BCUT2D eigenvalue weighted by molar-refractivity contribution is 6.30. The molecule has 0 radical (unpaired) electrons. The van der Waals surface area contributed by atoms with Gasteiger partial charge in [0, 0.05) is 11.4 Å². The van der Waals surface area contributed by atoms with E-state index in [1.165, 1.54) is 57.8 Å². The molecule has 0 atom stereocenters. The van der Waals surface area contributed by atoms with E-state index >= 15 is 0 Å². The molecule has 136 valence electrons. The summed E-state index contributed by atoms with van der Waals surface area (Å²) in [6, 6.07) is 7.40. The van der Waals surface area contributed by atoms with Gasteiger partial charge >= 0.3 is 5.97 Å². The van der Waals surface area contributed by atoms with Gasteiger partial charge in [0.2, 0.25) is 0 Å². The fourth-order valence-electron chi connectivity index (χ4n) is 2.75. The van der Waals surface area contributed by atoms with Gasteiger partial charge in [0.1, 0.15) is 6.61 Å². The van der Waals surface area contributed by atoms with Crippen LogP contribution in [0, 0.1) is 0 Å². The molecule has 0 N–H and O–H groups in total. The smallest absolute Gasteiger partial charge is 0.306 e. The summed E-state index contributed by atoms with van der Waals surface area (Å²) in [7, 11) is 0. The highest BCUT2D eigenvalue weighted by atomic mass is 35.5. The van der Waals surface area contributed by atoms with E-state index in [2.05, 4.69) is 6.92 Å². The van der Waals surface area contributed by atoms with Gasteiger partial charge in [0.25, 0.3) is 0 Å². The average molecular weight is 353 g/mol. The first kappa shape index (κ1) is 21.0. The molecule has 0 heterocycles. The SMILES string of the molecule is CCCCCCCCCCCCCC(=O)OCc1ccc(Cl)cc1. The number of carbonyl (C=O) groups is 1. The zero-order chi connectivity index (χ0) is 17.5. The van der Waals surface area contributed by atoms with Gasteiger partial charge in [-0.05, 0) is 24.1 Å². The van der Waals surface area contributed by atoms with E-state index in [9.17, 15) is 4.79 Å². The van der Waals surface area contributed by atoms with Crippen molar-refractivity contribution in [3.63, 3.8) is 0 Å². The van der Waals surface area contributed by atoms with Crippen molar-refractivity contribution in [2.75, 3.05) is 0 Å². The van der Waals surface area contributed by atoms with Gasteiger partial charge in [-0.2, -0.15) is 0 Å². The molecule has 0 saturated heterocycles. The number of benzene rings is 1. The molecule has 0 bridgehead atoms. The first-order valence-electron chi connectivity index (χ1n) is 9.62. The van der Waals surface area contributed by atoms with E-state index < -0.39 is 0 Å². The minimum atomic E-state index is -0.0964. The first-order valence-corrected chi connectivity index (χ1v) is 10.00. The van der Waals surface area contributed by atoms with Gasteiger partial charge < -0.3 is 4.74 Å². The minimum Gasteiger partial charge on any atom is -0.461 e. The molecule has 2 nitrogen and oxygen atoms in total. The van der Waals surface area contributed by atoms with Crippen LogP contribution < -0.4 is 0 Å². The van der Waals surface area contributed by atoms with Crippen molar-refractivity contribution in [3.8, 4) is 0 Å². The molecule has 1 aromatic carbocycles. The Bertz CT molecular complexity index is 428. The van der Waals surface area contributed by atoms with Crippen molar-refractivity contribution in [1.29, 1.82) is 0 Å². The summed E-state index contributed by atoms with van der Waals surface area (Å²) < 4.78 is 5.28. The molecule has 0 unspecified atom stereocenters. The fraction of sp³-hybridized carbons (Fsp3) is 0.667. The highest BCUT2D eigenvalue weighted by Crippen LogP contribution is 2.13. The van der Waals surface area contributed by atoms with Crippen molar-refractivity contribution in [3.05, 3.63) is 34.9 Å². The number of halogens is 1. The Morgan fingerprint density at radius 1 is 0.833 bits per heavy atom. The molecule has 0 aromatic heterocycles. The van der Waals surface area contributed by atoms with Crippen LogP contribution >= 0.6 is 11.6 Å². The standard InChI is InChI=1S/C21H33ClO2/c1-2-3-4-5-6-7-8-9-10-11-12-13-21(23)24-18-19-14-16-20(22)17-15-19/h14-17H,2-13,18H2,1H3. The zero-order valence-corrected chi connectivity index (χ0v) is 16.0. The van der Waals surface area contributed by atoms with Crippen molar-refractivity contribution in [2.45, 2.75) is 90.6 Å². The Kier molecular flexibility index (Phi) is 12.6. The van der Waals surface area contributed by atoms with E-state index in [0.29, 0.717) is 18.1 Å². The Morgan fingerprint density at radius 2 is 1.33 bits per heavy atom. The Labute approximate surface area is 152 Å². The summed E-state index contributed by atoms with van der Waals surface area (Å²) in [6.45, 7) is 2.60. The lowest BCUT2D eigenvalue weighted by Gasteiger charge is -2.05. The monoisotopic (exact) mass is 352 g/mol. The van der Waals surface area contributed by atoms with Crippen molar-refractivity contribution in [1.82, 2.24) is 0 Å². The third-order valence-corrected chi connectivity index (χ3v) is 4.55. The number of hydrogen-bond donors (Lipinski definition) is 0. The third kappa shape index (κ3) is 11.5. The van der Waals surface area contributed by atoms with Crippen LogP contribution in [0.4, 0.5) is 0 Å². The minimum absolute atomic E-state index is 0.0964. The number of carbonyl (C=O) groups excluding carboxylic acids is 1. The van der Waals surface area contributed by atoms with Crippen LogP contribution in [0.1, 0.15) is 89.5 Å². The van der Waals surface area contributed by atoms with Crippen LogP contribution in [0.2, 0.25) is 5.02 Å². The molecule has 1 aromatic rings. The van der Waals surface area contributed by atoms with E-state index in [1.54, 1.807) is 0 Å². The predicted octanol–water partition coefficient (Wildman–Crippen LogP) is 7.08. The lowest BCUT2D eigenvalue weighted by Crippen LogP contribution is -2.04. The molecule has 24 heavy (non-hydrogen) atoms. The van der Waals surface area contributed by atoms with Gasteiger partial charge in [0.15, 0.2) is 0 Å². The Hall–Kier alpha value is -1.02. The first-order chi connectivity index (χ1) is 11.7. The normalized spacial score (nSPS) is 10.8. The van der Waals surface area contributed by atoms with Crippen molar-refractivity contribution in [2.24, 2.45) is 0 Å². The van der Waals surface area contributed by atoms with Gasteiger partial charge in [-0.15, -0.1) is 0 Å². The maximum absolute atomic E-state index is 11.7. The van der Waals surface area contributed by atoms with Gasteiger partial charge in [0.05, 0.1) is 0 Å². The number of esters is 1. The number of hydrogen-bond acceptors (Lipinski definition) is 2. The maximum Gasteiger partial charge on any atom is 0.306 e. The molecular formula is C21H33ClO2. The summed E-state index contributed by atoms with van der Waals surface area (Å²) in [4.78, 5) is 11.7. The number of unbranched alkanes of at least 4 members (excludes halogenated alkanes) is 10. The van der Waals surface area contributed by atoms with Crippen LogP contribution in [-0.4, -0.2) is 5.97 Å².